The lowest BCUT2D eigenvalue weighted by molar-refractivity contribution is -0.0443. The molecule has 15 heavy (non-hydrogen) atoms. The minimum atomic E-state index is 0.383. The maximum atomic E-state index is 5.80. The van der Waals surface area contributed by atoms with Crippen molar-refractivity contribution in [2.75, 3.05) is 33.3 Å². The van der Waals surface area contributed by atoms with Crippen LogP contribution in [-0.2, 0) is 4.74 Å². The topological polar surface area (TPSA) is 15.7 Å². The summed E-state index contributed by atoms with van der Waals surface area (Å²) < 4.78 is 5.80. The fraction of sp³-hybridized carbons (Fsp3) is 1.00. The molecular formula is C12H26N2O. The lowest BCUT2D eigenvalue weighted by Crippen LogP contribution is -2.49. The lowest BCUT2D eigenvalue weighted by Gasteiger charge is -2.37. The Morgan fingerprint density at radius 1 is 1.27 bits per heavy atom. The molecular weight excluding hydrogens is 188 g/mol. The van der Waals surface area contributed by atoms with Crippen molar-refractivity contribution >= 4 is 0 Å². The summed E-state index contributed by atoms with van der Waals surface area (Å²) in [6.45, 7) is 13.1. The summed E-state index contributed by atoms with van der Waals surface area (Å²) in [6.07, 6.45) is 0.383. The second-order valence-electron chi connectivity index (χ2n) is 5.14. The molecule has 1 rings (SSSR count). The fourth-order valence-electron chi connectivity index (χ4n) is 2.23. The van der Waals surface area contributed by atoms with Crippen molar-refractivity contribution < 1.29 is 4.74 Å². The number of ether oxygens (including phenoxy) is 1. The second kappa shape index (κ2) is 5.83. The summed E-state index contributed by atoms with van der Waals surface area (Å²) in [5.74, 6) is 0. The molecule has 1 fully saturated rings. The molecule has 1 heterocycles. The summed E-state index contributed by atoms with van der Waals surface area (Å²) >= 11 is 0. The third kappa shape index (κ3) is 4.09. The van der Waals surface area contributed by atoms with Gasteiger partial charge in [-0.15, -0.1) is 0 Å². The molecule has 0 spiro atoms. The Morgan fingerprint density at radius 2 is 1.87 bits per heavy atom. The largest absolute Gasteiger partial charge is 0.374 e. The van der Waals surface area contributed by atoms with E-state index in [1.807, 2.05) is 0 Å². The van der Waals surface area contributed by atoms with Crippen LogP contribution in [0.5, 0.6) is 0 Å². The normalized spacial score (nSPS) is 24.4. The average molecular weight is 214 g/mol. The Balaban J connectivity index is 2.43. The van der Waals surface area contributed by atoms with Gasteiger partial charge in [0.15, 0.2) is 0 Å². The molecule has 0 N–H and O–H groups in total. The molecule has 1 saturated heterocycles. The Labute approximate surface area is 94.4 Å². The van der Waals surface area contributed by atoms with Gasteiger partial charge in [-0.1, -0.05) is 0 Å². The predicted molar refractivity (Wildman–Crippen MR) is 64.2 cm³/mol. The molecule has 1 aliphatic rings. The van der Waals surface area contributed by atoms with Crippen LogP contribution in [0.25, 0.3) is 0 Å². The Bertz CT molecular complexity index is 174. The number of rotatable bonds is 4. The first-order valence-corrected chi connectivity index (χ1v) is 6.06. The summed E-state index contributed by atoms with van der Waals surface area (Å²) in [4.78, 5) is 4.86. The molecule has 3 nitrogen and oxygen atoms in total. The van der Waals surface area contributed by atoms with Crippen LogP contribution < -0.4 is 0 Å². The molecule has 0 aliphatic carbocycles. The molecule has 0 amide bonds. The third-order valence-corrected chi connectivity index (χ3v) is 3.08. The van der Waals surface area contributed by atoms with Crippen LogP contribution >= 0.6 is 0 Å². The first-order valence-electron chi connectivity index (χ1n) is 6.06. The molecule has 0 radical (unpaired) electrons. The molecule has 1 unspecified atom stereocenters. The van der Waals surface area contributed by atoms with Gasteiger partial charge >= 0.3 is 0 Å². The van der Waals surface area contributed by atoms with Crippen molar-refractivity contribution in [3.63, 3.8) is 0 Å². The van der Waals surface area contributed by atoms with E-state index in [2.05, 4.69) is 44.5 Å². The van der Waals surface area contributed by atoms with Crippen molar-refractivity contribution in [2.24, 2.45) is 0 Å². The Hall–Kier alpha value is -0.120. The highest BCUT2D eigenvalue weighted by Crippen LogP contribution is 2.10. The van der Waals surface area contributed by atoms with Gasteiger partial charge in [0.2, 0.25) is 0 Å². The van der Waals surface area contributed by atoms with Crippen molar-refractivity contribution in [1.82, 2.24) is 9.80 Å². The summed E-state index contributed by atoms with van der Waals surface area (Å²) in [5, 5.41) is 0. The van der Waals surface area contributed by atoms with Crippen LogP contribution in [0.3, 0.4) is 0 Å². The van der Waals surface area contributed by atoms with Crippen LogP contribution in [0, 0.1) is 0 Å². The standard InChI is InChI=1S/C12H26N2O/c1-10(2)14(11(3)4)9-12-8-13(5)6-7-15-12/h10-12H,6-9H2,1-5H3. The van der Waals surface area contributed by atoms with Gasteiger partial charge in [0, 0.05) is 31.7 Å². The molecule has 0 aromatic rings. The van der Waals surface area contributed by atoms with Gasteiger partial charge in [0.05, 0.1) is 12.7 Å². The van der Waals surface area contributed by atoms with E-state index in [1.54, 1.807) is 0 Å². The minimum absolute atomic E-state index is 0.383. The molecule has 3 heteroatoms. The highest BCUT2D eigenvalue weighted by molar-refractivity contribution is 4.76. The van der Waals surface area contributed by atoms with Gasteiger partial charge in [-0.05, 0) is 34.7 Å². The first-order chi connectivity index (χ1) is 7.00. The van der Waals surface area contributed by atoms with Crippen LogP contribution in [0.1, 0.15) is 27.7 Å². The van der Waals surface area contributed by atoms with E-state index >= 15 is 0 Å². The molecule has 0 bridgehead atoms. The van der Waals surface area contributed by atoms with Crippen LogP contribution in [0.4, 0.5) is 0 Å². The molecule has 1 aliphatic heterocycles. The van der Waals surface area contributed by atoms with E-state index in [0.29, 0.717) is 18.2 Å². The highest BCUT2D eigenvalue weighted by Gasteiger charge is 2.23. The van der Waals surface area contributed by atoms with E-state index in [-0.39, 0.29) is 0 Å². The third-order valence-electron chi connectivity index (χ3n) is 3.08. The van der Waals surface area contributed by atoms with E-state index in [0.717, 1.165) is 26.2 Å². The molecule has 90 valence electrons. The molecule has 0 aromatic carbocycles. The highest BCUT2D eigenvalue weighted by atomic mass is 16.5. The summed E-state index contributed by atoms with van der Waals surface area (Å²) in [5.41, 5.74) is 0. The van der Waals surface area contributed by atoms with E-state index in [1.165, 1.54) is 0 Å². The van der Waals surface area contributed by atoms with Gasteiger partial charge in [-0.25, -0.2) is 0 Å². The zero-order valence-electron chi connectivity index (χ0n) is 10.9. The lowest BCUT2D eigenvalue weighted by atomic mass is 10.2. The Morgan fingerprint density at radius 3 is 2.33 bits per heavy atom. The van der Waals surface area contributed by atoms with Gasteiger partial charge in [0.1, 0.15) is 0 Å². The van der Waals surface area contributed by atoms with E-state index < -0.39 is 0 Å². The number of hydrogen-bond acceptors (Lipinski definition) is 3. The number of morpholine rings is 1. The zero-order chi connectivity index (χ0) is 11.4. The van der Waals surface area contributed by atoms with Gasteiger partial charge in [0.25, 0.3) is 0 Å². The fourth-order valence-corrected chi connectivity index (χ4v) is 2.23. The number of hydrogen-bond donors (Lipinski definition) is 0. The predicted octanol–water partition coefficient (Wildman–Crippen LogP) is 1.44. The molecule has 1 atom stereocenters. The molecule has 0 saturated carbocycles. The first kappa shape index (κ1) is 12.9. The molecule has 0 aromatic heterocycles. The van der Waals surface area contributed by atoms with Gasteiger partial charge < -0.3 is 9.64 Å². The van der Waals surface area contributed by atoms with Gasteiger partial charge in [-0.2, -0.15) is 0 Å². The van der Waals surface area contributed by atoms with Crippen molar-refractivity contribution in [3.05, 3.63) is 0 Å². The van der Waals surface area contributed by atoms with Crippen molar-refractivity contribution in [3.8, 4) is 0 Å². The van der Waals surface area contributed by atoms with Crippen LogP contribution in [-0.4, -0.2) is 61.3 Å². The minimum Gasteiger partial charge on any atom is -0.374 e. The van der Waals surface area contributed by atoms with Crippen LogP contribution in [0.15, 0.2) is 0 Å². The van der Waals surface area contributed by atoms with Crippen molar-refractivity contribution in [1.29, 1.82) is 0 Å². The monoisotopic (exact) mass is 214 g/mol. The zero-order valence-corrected chi connectivity index (χ0v) is 10.9. The summed E-state index contributed by atoms with van der Waals surface area (Å²) in [6, 6.07) is 1.20. The quantitative estimate of drug-likeness (QED) is 0.704. The van der Waals surface area contributed by atoms with E-state index in [4.69, 9.17) is 4.74 Å². The smallest absolute Gasteiger partial charge is 0.0829 e. The average Bonchev–Trinajstić information content (AvgIpc) is 2.13. The second-order valence-corrected chi connectivity index (χ2v) is 5.14. The maximum Gasteiger partial charge on any atom is 0.0829 e. The Kier molecular flexibility index (Phi) is 5.03. The van der Waals surface area contributed by atoms with E-state index in [9.17, 15) is 0 Å². The maximum absolute atomic E-state index is 5.80. The van der Waals surface area contributed by atoms with Gasteiger partial charge in [-0.3, -0.25) is 4.90 Å². The summed E-state index contributed by atoms with van der Waals surface area (Å²) in [7, 11) is 2.17. The number of likely N-dealkylation sites (N-methyl/N-ethyl adjacent to an activating group) is 1. The number of nitrogens with zero attached hydrogens (tertiary/aromatic N) is 2. The van der Waals surface area contributed by atoms with Crippen LogP contribution in [0.2, 0.25) is 0 Å². The SMILES string of the molecule is CC(C)N(CC1CN(C)CCO1)C(C)C. The van der Waals surface area contributed by atoms with Crippen molar-refractivity contribution in [2.45, 2.75) is 45.9 Å².